The van der Waals surface area contributed by atoms with E-state index >= 15 is 14.0 Å². The largest absolute Gasteiger partial charge is 0.347 e. The van der Waals surface area contributed by atoms with Crippen LogP contribution in [0.3, 0.4) is 0 Å². The molecule has 0 unspecified atom stereocenters. The van der Waals surface area contributed by atoms with Crippen LogP contribution < -0.4 is 31.9 Å². The first-order chi connectivity index (χ1) is 37.8. The summed E-state index contributed by atoms with van der Waals surface area (Å²) >= 11 is 0. The van der Waals surface area contributed by atoms with E-state index < -0.39 is 100 Å². The minimum atomic E-state index is -1.22. The van der Waals surface area contributed by atoms with Crippen molar-refractivity contribution in [2.45, 2.75) is 162 Å². The summed E-state index contributed by atoms with van der Waals surface area (Å²) in [6.45, 7) is 15.9. The lowest BCUT2D eigenvalue weighted by Gasteiger charge is -2.43. The Morgan fingerprint density at radius 1 is 0.650 bits per heavy atom. The van der Waals surface area contributed by atoms with Gasteiger partial charge in [0, 0.05) is 42.7 Å². The third kappa shape index (κ3) is 13.8. The predicted molar refractivity (Wildman–Crippen MR) is 303 cm³/mol. The molecule has 4 aromatic carbocycles. The SMILES string of the molecule is CN[C@@H](C)C(=O)N[C@H](C(=O)N1C[C@@H](NC(=O)c2ccc(C(=O)N(C(=O)[C@@H]3Cc4ccccc4CN3C(=O)[C@@H](NC(=O)[C@H](C)NC)C(C)(C)C)[C@H](C)Cc3ccccc3F)cc2)C[C@H]1C(=O)N[C@@H]1CCCc2ccccc21)C(C)(C)C. The number of nitrogens with zero attached hydrogens (tertiary/aromatic N) is 3. The summed E-state index contributed by atoms with van der Waals surface area (Å²) < 4.78 is 15.3. The summed E-state index contributed by atoms with van der Waals surface area (Å²) in [7, 11) is 3.28. The topological polar surface area (TPSA) is 218 Å². The molecule has 7 rings (SSSR count). The smallest absolute Gasteiger partial charge is 0.260 e. The first kappa shape index (κ1) is 60.3. The first-order valence-corrected chi connectivity index (χ1v) is 27.9. The average molecular weight is 1100 g/mol. The third-order valence-electron chi connectivity index (χ3n) is 15.9. The Bertz CT molecular complexity index is 2950. The zero-order chi connectivity index (χ0) is 58.4. The number of rotatable bonds is 17. The second-order valence-corrected chi connectivity index (χ2v) is 23.9. The number of hydrogen-bond acceptors (Lipinski definition) is 10. The monoisotopic (exact) mass is 1100 g/mol. The Kier molecular flexibility index (Phi) is 19.2. The van der Waals surface area contributed by atoms with Gasteiger partial charge in [-0.3, -0.25) is 43.3 Å². The molecule has 0 spiro atoms. The van der Waals surface area contributed by atoms with Gasteiger partial charge in [0.05, 0.1) is 18.1 Å². The van der Waals surface area contributed by atoms with E-state index in [1.54, 1.807) is 53.1 Å². The number of benzene rings is 4. The summed E-state index contributed by atoms with van der Waals surface area (Å²) in [5, 5.41) is 17.8. The van der Waals surface area contributed by atoms with E-state index in [1.807, 2.05) is 84.0 Å². The number of likely N-dealkylation sites (tertiary alicyclic amines) is 1. The van der Waals surface area contributed by atoms with Crippen molar-refractivity contribution in [2.75, 3.05) is 20.6 Å². The van der Waals surface area contributed by atoms with E-state index in [2.05, 4.69) is 38.0 Å². The molecule has 8 amide bonds. The van der Waals surface area contributed by atoms with Gasteiger partial charge in [-0.15, -0.1) is 0 Å². The van der Waals surface area contributed by atoms with Crippen molar-refractivity contribution in [2.24, 2.45) is 10.8 Å². The van der Waals surface area contributed by atoms with Gasteiger partial charge in [0.15, 0.2) is 0 Å². The van der Waals surface area contributed by atoms with E-state index in [0.717, 1.165) is 40.0 Å². The molecule has 1 aliphatic carbocycles. The molecular weight excluding hydrogens is 1020 g/mol. The first-order valence-electron chi connectivity index (χ1n) is 27.9. The minimum Gasteiger partial charge on any atom is -0.347 e. The highest BCUT2D eigenvalue weighted by Gasteiger charge is 2.48. The summed E-state index contributed by atoms with van der Waals surface area (Å²) in [4.78, 5) is 120. The zero-order valence-electron chi connectivity index (χ0n) is 48.1. The number of amides is 8. The predicted octanol–water partition coefficient (Wildman–Crippen LogP) is 5.55. The lowest BCUT2D eigenvalue weighted by Crippen LogP contribution is -2.63. The van der Waals surface area contributed by atoms with Crippen LogP contribution in [0, 0.1) is 16.6 Å². The van der Waals surface area contributed by atoms with Gasteiger partial charge in [0.25, 0.3) is 17.7 Å². The van der Waals surface area contributed by atoms with Crippen molar-refractivity contribution >= 4 is 47.3 Å². The number of imide groups is 1. The molecule has 18 heteroatoms. The van der Waals surface area contributed by atoms with Crippen LogP contribution in [0.2, 0.25) is 0 Å². The maximum absolute atomic E-state index is 15.5. The van der Waals surface area contributed by atoms with Crippen LogP contribution in [0.15, 0.2) is 97.1 Å². The van der Waals surface area contributed by atoms with Gasteiger partial charge >= 0.3 is 0 Å². The van der Waals surface area contributed by atoms with Crippen molar-refractivity contribution in [3.63, 3.8) is 0 Å². The molecule has 0 saturated carbocycles. The Hall–Kier alpha value is -7.31. The molecular formula is C62H80FN9O8. The lowest BCUT2D eigenvalue weighted by molar-refractivity contribution is -0.150. The lowest BCUT2D eigenvalue weighted by atomic mass is 9.84. The fourth-order valence-corrected chi connectivity index (χ4v) is 10.9. The van der Waals surface area contributed by atoms with Gasteiger partial charge < -0.3 is 41.7 Å². The Morgan fingerprint density at radius 2 is 1.19 bits per heavy atom. The molecule has 3 aliphatic rings. The second-order valence-electron chi connectivity index (χ2n) is 23.9. The number of fused-ring (bicyclic) bond motifs is 2. The fraction of sp³-hybridized carbons (Fsp3) is 0.484. The zero-order valence-corrected chi connectivity index (χ0v) is 48.1. The fourth-order valence-electron chi connectivity index (χ4n) is 10.9. The molecule has 0 radical (unpaired) electrons. The Balaban J connectivity index is 1.17. The molecule has 428 valence electrons. The molecule has 0 bridgehead atoms. The molecule has 0 aromatic heterocycles. The quantitative estimate of drug-likeness (QED) is 0.0725. The number of hydrogen-bond donors (Lipinski definition) is 6. The van der Waals surface area contributed by atoms with Crippen LogP contribution in [-0.4, -0.2) is 131 Å². The summed E-state index contributed by atoms with van der Waals surface area (Å²) in [6.07, 6.45) is 2.54. The number of carbonyl (C=O) groups excluding carboxylic acids is 8. The van der Waals surface area contributed by atoms with Crippen LogP contribution in [-0.2, 0) is 54.6 Å². The maximum Gasteiger partial charge on any atom is 0.260 e. The van der Waals surface area contributed by atoms with Crippen molar-refractivity contribution in [1.82, 2.24) is 46.6 Å². The van der Waals surface area contributed by atoms with E-state index in [1.165, 1.54) is 40.1 Å². The van der Waals surface area contributed by atoms with E-state index in [4.69, 9.17) is 0 Å². The van der Waals surface area contributed by atoms with Gasteiger partial charge in [0.1, 0.15) is 30.0 Å². The molecule has 1 fully saturated rings. The number of aryl methyl sites for hydroxylation is 1. The highest BCUT2D eigenvalue weighted by Crippen LogP contribution is 2.33. The molecule has 6 N–H and O–H groups in total. The number of nitrogens with one attached hydrogen (secondary N) is 6. The van der Waals surface area contributed by atoms with Crippen molar-refractivity contribution in [1.29, 1.82) is 0 Å². The molecule has 4 aromatic rings. The highest BCUT2D eigenvalue weighted by molar-refractivity contribution is 6.08. The average Bonchev–Trinajstić information content (AvgIpc) is 3.89. The normalized spacial score (nSPS) is 19.9. The summed E-state index contributed by atoms with van der Waals surface area (Å²) in [5.41, 5.74) is 2.64. The molecule has 1 saturated heterocycles. The van der Waals surface area contributed by atoms with Crippen molar-refractivity contribution in [3.05, 3.63) is 142 Å². The molecule has 9 atom stereocenters. The van der Waals surface area contributed by atoms with Gasteiger partial charge in [-0.25, -0.2) is 4.39 Å². The van der Waals surface area contributed by atoms with Crippen molar-refractivity contribution < 1.29 is 42.7 Å². The third-order valence-corrected chi connectivity index (χ3v) is 15.9. The second kappa shape index (κ2) is 25.4. The van der Waals surface area contributed by atoms with Crippen LogP contribution in [0.5, 0.6) is 0 Å². The van der Waals surface area contributed by atoms with E-state index in [0.29, 0.717) is 6.42 Å². The Morgan fingerprint density at radius 3 is 1.77 bits per heavy atom. The standard InChI is InChI=1S/C62H80FN9O8/c1-36(31-43-21-15-17-25-47(43)63)72(58(78)50-32-42-20-12-13-22-44(42)34-70(50)59(79)51(61(4,5)6)68-53(73)37(2)64-10)57(77)41-29-27-40(28-30-41)55(75)66-45-33-49(56(76)67-48-26-18-23-39-19-14-16-24-46(39)48)71(35-45)60(80)52(62(7,8)9)69-54(74)38(3)65-11/h12-17,19-22,24-25,27-30,36-38,45,48-52,64-65H,18,23,26,31-35H2,1-11H3,(H,66,75)(H,67,76)(H,68,73)(H,69,74)/t36-,37+,38+,45+,48-,49+,50+,51-,52-/m1/s1. The van der Waals surface area contributed by atoms with Crippen LogP contribution in [0.25, 0.3) is 0 Å². The number of likely N-dealkylation sites (N-methyl/N-ethyl adjacent to an activating group) is 2. The molecule has 2 aliphatic heterocycles. The molecule has 17 nitrogen and oxygen atoms in total. The minimum absolute atomic E-state index is 0.0139. The Labute approximate surface area is 469 Å². The number of halogens is 1. The molecule has 80 heavy (non-hydrogen) atoms. The van der Waals surface area contributed by atoms with Gasteiger partial charge in [-0.05, 0) is 136 Å². The van der Waals surface area contributed by atoms with Crippen LogP contribution in [0.4, 0.5) is 4.39 Å². The number of carbonyl (C=O) groups is 8. The maximum atomic E-state index is 15.5. The summed E-state index contributed by atoms with van der Waals surface area (Å²) in [5.74, 6) is -4.67. The van der Waals surface area contributed by atoms with Crippen molar-refractivity contribution in [3.8, 4) is 0 Å². The summed E-state index contributed by atoms with van der Waals surface area (Å²) in [6, 6.07) is 19.7. The van der Waals surface area contributed by atoms with Crippen LogP contribution >= 0.6 is 0 Å². The van der Waals surface area contributed by atoms with Crippen LogP contribution in [0.1, 0.15) is 136 Å². The van der Waals surface area contributed by atoms with E-state index in [9.17, 15) is 28.8 Å². The molecule has 2 heterocycles. The van der Waals surface area contributed by atoms with E-state index in [-0.39, 0.29) is 66.9 Å². The van der Waals surface area contributed by atoms with Gasteiger partial charge in [-0.2, -0.15) is 0 Å². The van der Waals surface area contributed by atoms with Gasteiger partial charge in [-0.1, -0.05) is 108 Å². The van der Waals surface area contributed by atoms with Gasteiger partial charge in [0.2, 0.25) is 29.5 Å². The highest BCUT2D eigenvalue weighted by atomic mass is 19.1.